The zero-order valence-corrected chi connectivity index (χ0v) is 18.6. The van der Waals surface area contributed by atoms with Crippen LogP contribution in [-0.4, -0.2) is 48.2 Å². The van der Waals surface area contributed by atoms with E-state index in [1.54, 1.807) is 0 Å². The second-order valence-corrected chi connectivity index (χ2v) is 8.64. The Bertz CT molecular complexity index is 1020. The molecule has 1 aliphatic rings. The normalized spacial score (nSPS) is 15.5. The van der Waals surface area contributed by atoms with Crippen LogP contribution in [0.2, 0.25) is 0 Å². The molecule has 0 aliphatic carbocycles. The van der Waals surface area contributed by atoms with Gasteiger partial charge in [-0.1, -0.05) is 66.2 Å². The second kappa shape index (κ2) is 9.98. The maximum Gasteiger partial charge on any atom is 0.320 e. The Kier molecular flexibility index (Phi) is 6.88. The summed E-state index contributed by atoms with van der Waals surface area (Å²) >= 11 is 0. The summed E-state index contributed by atoms with van der Waals surface area (Å²) < 4.78 is 0. The number of aliphatic carboxylic acids is 1. The second-order valence-electron chi connectivity index (χ2n) is 8.64. The summed E-state index contributed by atoms with van der Waals surface area (Å²) in [5.41, 5.74) is 12.8. The Morgan fingerprint density at radius 1 is 0.844 bits per heavy atom. The monoisotopic (exact) mass is 429 g/mol. The van der Waals surface area contributed by atoms with Crippen LogP contribution in [0.5, 0.6) is 0 Å². The van der Waals surface area contributed by atoms with Crippen LogP contribution in [0.15, 0.2) is 72.8 Å². The van der Waals surface area contributed by atoms with Gasteiger partial charge in [0.25, 0.3) is 0 Å². The van der Waals surface area contributed by atoms with Crippen molar-refractivity contribution >= 4 is 11.7 Å². The van der Waals surface area contributed by atoms with Gasteiger partial charge in [0.2, 0.25) is 0 Å². The molecule has 4 rings (SSSR count). The number of nitrogens with zero attached hydrogens (tertiary/aromatic N) is 2. The molecule has 1 atom stereocenters. The van der Waals surface area contributed by atoms with Crippen LogP contribution in [0.4, 0.5) is 5.69 Å². The first-order valence-corrected chi connectivity index (χ1v) is 11.2. The van der Waals surface area contributed by atoms with Gasteiger partial charge in [-0.15, -0.1) is 0 Å². The first kappa shape index (κ1) is 22.1. The van der Waals surface area contributed by atoms with E-state index < -0.39 is 12.0 Å². The number of hydrogen-bond donors (Lipinski definition) is 2. The highest BCUT2D eigenvalue weighted by atomic mass is 16.4. The van der Waals surface area contributed by atoms with Gasteiger partial charge in [-0.05, 0) is 47.7 Å². The van der Waals surface area contributed by atoms with E-state index in [1.807, 2.05) is 24.3 Å². The van der Waals surface area contributed by atoms with Crippen LogP contribution in [0.25, 0.3) is 11.1 Å². The maximum atomic E-state index is 10.9. The molecule has 0 amide bonds. The van der Waals surface area contributed by atoms with E-state index in [2.05, 4.69) is 65.3 Å². The van der Waals surface area contributed by atoms with Crippen LogP contribution in [0.1, 0.15) is 16.7 Å². The minimum atomic E-state index is -0.971. The number of carboxylic acids is 1. The number of hydrogen-bond acceptors (Lipinski definition) is 4. The molecule has 3 aromatic rings. The highest BCUT2D eigenvalue weighted by molar-refractivity contribution is 5.73. The zero-order valence-electron chi connectivity index (χ0n) is 18.6. The van der Waals surface area contributed by atoms with Crippen molar-refractivity contribution in [1.82, 2.24) is 4.90 Å². The van der Waals surface area contributed by atoms with Gasteiger partial charge in [-0.25, -0.2) is 0 Å². The highest BCUT2D eigenvalue weighted by Gasteiger charge is 2.17. The van der Waals surface area contributed by atoms with Crippen molar-refractivity contribution < 1.29 is 9.90 Å². The van der Waals surface area contributed by atoms with E-state index in [1.165, 1.54) is 16.8 Å². The fourth-order valence-electron chi connectivity index (χ4n) is 4.16. The fourth-order valence-corrected chi connectivity index (χ4v) is 4.16. The lowest BCUT2D eigenvalue weighted by Crippen LogP contribution is -2.45. The lowest BCUT2D eigenvalue weighted by molar-refractivity contribution is -0.138. The number of benzene rings is 3. The molecule has 1 saturated heterocycles. The van der Waals surface area contributed by atoms with E-state index in [0.717, 1.165) is 49.4 Å². The first-order valence-electron chi connectivity index (χ1n) is 11.2. The summed E-state index contributed by atoms with van der Waals surface area (Å²) in [6.45, 7) is 7.33. The van der Waals surface area contributed by atoms with E-state index >= 15 is 0 Å². The molecular weight excluding hydrogens is 398 g/mol. The number of piperazine rings is 1. The first-order chi connectivity index (χ1) is 15.5. The molecule has 1 unspecified atom stereocenters. The SMILES string of the molecule is Cc1ccc(N2CCN(Cc3ccc(-c4ccc(CC(N)C(=O)O)cc4)cc3)CC2)cc1. The van der Waals surface area contributed by atoms with Crippen LogP contribution in [-0.2, 0) is 17.8 Å². The summed E-state index contributed by atoms with van der Waals surface area (Å²) in [6.07, 6.45) is 0.339. The van der Waals surface area contributed by atoms with Gasteiger partial charge in [-0.2, -0.15) is 0 Å². The molecule has 32 heavy (non-hydrogen) atoms. The summed E-state index contributed by atoms with van der Waals surface area (Å²) in [6, 6.07) is 24.7. The number of anilines is 1. The van der Waals surface area contributed by atoms with Gasteiger partial charge < -0.3 is 15.7 Å². The number of aryl methyl sites for hydroxylation is 1. The fraction of sp³-hybridized carbons (Fsp3) is 0.296. The molecule has 0 saturated carbocycles. The Labute approximate surface area is 190 Å². The standard InChI is InChI=1S/C27H31N3O2/c1-20-2-12-25(13-3-20)30-16-14-29(15-17-30)19-22-6-10-24(11-7-22)23-8-4-21(5-9-23)18-26(28)27(31)32/h2-13,26H,14-19,28H2,1H3,(H,31,32). The zero-order chi connectivity index (χ0) is 22.5. The molecule has 3 N–H and O–H groups in total. The lowest BCUT2D eigenvalue weighted by atomic mass is 10.00. The molecular formula is C27H31N3O2. The molecule has 0 bridgehead atoms. The van der Waals surface area contributed by atoms with Gasteiger partial charge in [-0.3, -0.25) is 9.69 Å². The molecule has 0 radical (unpaired) electrons. The molecule has 0 aromatic heterocycles. The molecule has 1 aliphatic heterocycles. The molecule has 166 valence electrons. The molecule has 5 heteroatoms. The number of carboxylic acid groups (broad SMARTS) is 1. The van der Waals surface area contributed by atoms with Crippen molar-refractivity contribution in [2.75, 3.05) is 31.1 Å². The van der Waals surface area contributed by atoms with Gasteiger partial charge in [0.1, 0.15) is 6.04 Å². The van der Waals surface area contributed by atoms with E-state index in [-0.39, 0.29) is 0 Å². The number of carbonyl (C=O) groups is 1. The minimum absolute atomic E-state index is 0.339. The third kappa shape index (κ3) is 5.55. The van der Waals surface area contributed by atoms with Gasteiger partial charge >= 0.3 is 5.97 Å². The van der Waals surface area contributed by atoms with Crippen LogP contribution in [0, 0.1) is 6.92 Å². The third-order valence-corrected chi connectivity index (χ3v) is 6.19. The van der Waals surface area contributed by atoms with Crippen molar-refractivity contribution in [3.63, 3.8) is 0 Å². The van der Waals surface area contributed by atoms with Crippen molar-refractivity contribution in [3.05, 3.63) is 89.5 Å². The third-order valence-electron chi connectivity index (χ3n) is 6.19. The smallest absolute Gasteiger partial charge is 0.320 e. The number of nitrogens with two attached hydrogens (primary N) is 1. The van der Waals surface area contributed by atoms with Crippen molar-refractivity contribution in [3.8, 4) is 11.1 Å². The predicted molar refractivity (Wildman–Crippen MR) is 130 cm³/mol. The summed E-state index contributed by atoms with van der Waals surface area (Å²) in [7, 11) is 0. The van der Waals surface area contributed by atoms with E-state index in [9.17, 15) is 4.79 Å². The maximum absolute atomic E-state index is 10.9. The Hall–Kier alpha value is -3.15. The molecule has 5 nitrogen and oxygen atoms in total. The Balaban J connectivity index is 1.30. The van der Waals surface area contributed by atoms with Gasteiger partial charge in [0.15, 0.2) is 0 Å². The predicted octanol–water partition coefficient (Wildman–Crippen LogP) is 3.94. The number of rotatable bonds is 7. The van der Waals surface area contributed by atoms with E-state index in [0.29, 0.717) is 6.42 Å². The molecule has 0 spiro atoms. The molecule has 3 aromatic carbocycles. The average Bonchev–Trinajstić information content (AvgIpc) is 2.81. The summed E-state index contributed by atoms with van der Waals surface area (Å²) in [5, 5.41) is 8.96. The van der Waals surface area contributed by atoms with Crippen LogP contribution < -0.4 is 10.6 Å². The average molecular weight is 430 g/mol. The minimum Gasteiger partial charge on any atom is -0.480 e. The van der Waals surface area contributed by atoms with Crippen molar-refractivity contribution in [2.45, 2.75) is 25.9 Å². The topological polar surface area (TPSA) is 69.8 Å². The quantitative estimate of drug-likeness (QED) is 0.595. The van der Waals surface area contributed by atoms with E-state index in [4.69, 9.17) is 10.8 Å². The Morgan fingerprint density at radius 2 is 1.38 bits per heavy atom. The highest BCUT2D eigenvalue weighted by Crippen LogP contribution is 2.22. The molecule has 1 fully saturated rings. The van der Waals surface area contributed by atoms with Crippen LogP contribution in [0.3, 0.4) is 0 Å². The Morgan fingerprint density at radius 3 is 1.91 bits per heavy atom. The lowest BCUT2D eigenvalue weighted by Gasteiger charge is -2.36. The molecule has 1 heterocycles. The summed E-state index contributed by atoms with van der Waals surface area (Å²) in [4.78, 5) is 15.9. The van der Waals surface area contributed by atoms with Gasteiger partial charge in [0.05, 0.1) is 0 Å². The van der Waals surface area contributed by atoms with Crippen molar-refractivity contribution in [1.29, 1.82) is 0 Å². The summed E-state index contributed by atoms with van der Waals surface area (Å²) in [5.74, 6) is -0.971. The van der Waals surface area contributed by atoms with Crippen molar-refractivity contribution in [2.24, 2.45) is 5.73 Å². The van der Waals surface area contributed by atoms with Gasteiger partial charge in [0, 0.05) is 38.4 Å². The van der Waals surface area contributed by atoms with Crippen LogP contribution >= 0.6 is 0 Å². The largest absolute Gasteiger partial charge is 0.480 e.